The fourth-order valence-electron chi connectivity index (χ4n) is 5.24. The van der Waals surface area contributed by atoms with Crippen LogP contribution in [0.3, 0.4) is 0 Å². The molecule has 0 spiro atoms. The highest BCUT2D eigenvalue weighted by atomic mass is 16.5. The second-order valence-electron chi connectivity index (χ2n) is 8.98. The summed E-state index contributed by atoms with van der Waals surface area (Å²) in [5.74, 6) is -1.11. The number of amides is 4. The number of methoxy groups -OCH3 is 1. The summed E-state index contributed by atoms with van der Waals surface area (Å²) in [4.78, 5) is 54.7. The first-order valence-corrected chi connectivity index (χ1v) is 11.8. The van der Waals surface area contributed by atoms with E-state index >= 15 is 0 Å². The fourth-order valence-corrected chi connectivity index (χ4v) is 5.24. The molecule has 2 N–H and O–H groups in total. The van der Waals surface area contributed by atoms with E-state index in [2.05, 4.69) is 10.6 Å². The average molecular weight is 461 g/mol. The third kappa shape index (κ3) is 4.99. The predicted molar refractivity (Wildman–Crippen MR) is 117 cm³/mol. The molecule has 180 valence electrons. The van der Waals surface area contributed by atoms with Crippen molar-refractivity contribution in [3.05, 3.63) is 24.2 Å². The van der Waals surface area contributed by atoms with Crippen molar-refractivity contribution in [2.45, 2.75) is 75.5 Å². The first-order chi connectivity index (χ1) is 16.0. The van der Waals surface area contributed by atoms with Gasteiger partial charge >= 0.3 is 12.0 Å². The van der Waals surface area contributed by atoms with Crippen LogP contribution in [0.25, 0.3) is 0 Å². The van der Waals surface area contributed by atoms with E-state index in [1.54, 1.807) is 12.1 Å². The van der Waals surface area contributed by atoms with Gasteiger partial charge in [0.1, 0.15) is 12.1 Å². The predicted octanol–water partition coefficient (Wildman–Crippen LogP) is 1.66. The maximum Gasteiger partial charge on any atom is 0.328 e. The quantitative estimate of drug-likeness (QED) is 0.645. The Labute approximate surface area is 193 Å². The zero-order valence-corrected chi connectivity index (χ0v) is 19.0. The smallest absolute Gasteiger partial charge is 0.328 e. The molecule has 1 aliphatic carbocycles. The molecule has 10 heteroatoms. The molecule has 33 heavy (non-hydrogen) atoms. The fraction of sp³-hybridized carbons (Fsp3) is 0.652. The van der Waals surface area contributed by atoms with Gasteiger partial charge in [0.2, 0.25) is 5.91 Å². The highest BCUT2D eigenvalue weighted by Gasteiger charge is 2.48. The zero-order valence-electron chi connectivity index (χ0n) is 19.0. The normalized spacial score (nSPS) is 25.7. The Morgan fingerprint density at radius 2 is 1.76 bits per heavy atom. The summed E-state index contributed by atoms with van der Waals surface area (Å²) in [6.45, 7) is 0.694. The van der Waals surface area contributed by atoms with Crippen molar-refractivity contribution in [2.75, 3.05) is 20.2 Å². The van der Waals surface area contributed by atoms with Crippen LogP contribution in [0.1, 0.15) is 61.9 Å². The van der Waals surface area contributed by atoms with Gasteiger partial charge in [-0.1, -0.05) is 19.3 Å². The van der Waals surface area contributed by atoms with Gasteiger partial charge in [-0.3, -0.25) is 9.59 Å². The lowest BCUT2D eigenvalue weighted by Gasteiger charge is -2.33. The summed E-state index contributed by atoms with van der Waals surface area (Å²) >= 11 is 0. The van der Waals surface area contributed by atoms with E-state index in [9.17, 15) is 19.2 Å². The highest BCUT2D eigenvalue weighted by Crippen LogP contribution is 2.27. The van der Waals surface area contributed by atoms with Crippen molar-refractivity contribution in [3.63, 3.8) is 0 Å². The maximum atomic E-state index is 13.7. The molecule has 3 fully saturated rings. The molecule has 4 rings (SSSR count). The first-order valence-electron chi connectivity index (χ1n) is 11.8. The molecule has 1 aromatic rings. The van der Waals surface area contributed by atoms with Crippen molar-refractivity contribution in [3.8, 4) is 0 Å². The molecule has 3 aliphatic rings. The number of furan rings is 1. The van der Waals surface area contributed by atoms with Crippen molar-refractivity contribution in [1.82, 2.24) is 20.4 Å². The van der Waals surface area contributed by atoms with E-state index in [1.807, 2.05) is 0 Å². The largest absolute Gasteiger partial charge is 0.467 e. The second kappa shape index (κ2) is 10.3. The summed E-state index contributed by atoms with van der Waals surface area (Å²) in [7, 11) is 1.30. The number of carbonyl (C=O) groups excluding carboxylic acids is 4. The molecule has 4 amide bonds. The van der Waals surface area contributed by atoms with Crippen LogP contribution in [0, 0.1) is 0 Å². The Kier molecular flexibility index (Phi) is 7.20. The Morgan fingerprint density at radius 3 is 2.45 bits per heavy atom. The van der Waals surface area contributed by atoms with E-state index in [0.29, 0.717) is 32.4 Å². The minimum absolute atomic E-state index is 0.123. The molecule has 2 saturated heterocycles. The first kappa shape index (κ1) is 23.1. The average Bonchev–Trinajstić information content (AvgIpc) is 3.59. The van der Waals surface area contributed by atoms with Crippen LogP contribution in [0.4, 0.5) is 4.79 Å². The van der Waals surface area contributed by atoms with Crippen molar-refractivity contribution in [1.29, 1.82) is 0 Å². The molecule has 2 aliphatic heterocycles. The van der Waals surface area contributed by atoms with Gasteiger partial charge in [0, 0.05) is 19.1 Å². The monoisotopic (exact) mass is 460 g/mol. The number of carbonyl (C=O) groups is 4. The summed E-state index contributed by atoms with van der Waals surface area (Å²) in [5, 5.41) is 5.94. The van der Waals surface area contributed by atoms with Gasteiger partial charge < -0.3 is 29.6 Å². The summed E-state index contributed by atoms with van der Waals surface area (Å²) in [5.41, 5.74) is 0. The zero-order chi connectivity index (χ0) is 23.4. The van der Waals surface area contributed by atoms with Gasteiger partial charge in [0.05, 0.1) is 19.4 Å². The van der Waals surface area contributed by atoms with Gasteiger partial charge in [-0.2, -0.15) is 0 Å². The maximum absolute atomic E-state index is 13.7. The van der Waals surface area contributed by atoms with Gasteiger partial charge in [-0.15, -0.1) is 0 Å². The molecule has 0 bridgehead atoms. The number of esters is 1. The van der Waals surface area contributed by atoms with Crippen LogP contribution < -0.4 is 10.6 Å². The molecule has 0 aromatic carbocycles. The molecule has 3 atom stereocenters. The van der Waals surface area contributed by atoms with Crippen molar-refractivity contribution in [2.24, 2.45) is 0 Å². The van der Waals surface area contributed by atoms with Crippen LogP contribution in [0.5, 0.6) is 0 Å². The molecular formula is C23H32N4O6. The van der Waals surface area contributed by atoms with E-state index in [1.165, 1.54) is 29.6 Å². The lowest BCUT2D eigenvalue weighted by molar-refractivity contribution is -0.152. The van der Waals surface area contributed by atoms with Crippen molar-refractivity contribution >= 4 is 23.8 Å². The lowest BCUT2D eigenvalue weighted by atomic mass is 9.96. The van der Waals surface area contributed by atoms with E-state index in [0.717, 1.165) is 25.7 Å². The van der Waals surface area contributed by atoms with Crippen LogP contribution in [-0.4, -0.2) is 78.0 Å². The number of hydrogen-bond donors (Lipinski definition) is 2. The standard InChI is InChI=1S/C23H32N4O6/c1-32-22(30)17-9-5-12-26(17)21(29)19-16(25-23(31)24-15-7-3-2-4-8-15)11-13-27(19)20(28)18-10-6-14-33-18/h6,10,14-17,19H,2-5,7-9,11-13H2,1H3,(H2,24,25,31). The molecule has 10 nitrogen and oxygen atoms in total. The minimum atomic E-state index is -0.926. The summed E-state index contributed by atoms with van der Waals surface area (Å²) in [6.07, 6.45) is 8.26. The van der Waals surface area contributed by atoms with Crippen LogP contribution in [0.2, 0.25) is 0 Å². The lowest BCUT2D eigenvalue weighted by Crippen LogP contribution is -2.58. The second-order valence-corrected chi connectivity index (χ2v) is 8.98. The number of likely N-dealkylation sites (tertiary alicyclic amines) is 2. The van der Waals surface area contributed by atoms with E-state index in [4.69, 9.17) is 9.15 Å². The number of nitrogens with zero attached hydrogens (tertiary/aromatic N) is 2. The summed E-state index contributed by atoms with van der Waals surface area (Å²) < 4.78 is 10.1. The van der Waals surface area contributed by atoms with E-state index < -0.39 is 30.0 Å². The highest BCUT2D eigenvalue weighted by molar-refractivity contribution is 5.97. The Balaban J connectivity index is 1.52. The number of ether oxygens (including phenoxy) is 1. The number of nitrogens with one attached hydrogen (secondary N) is 2. The number of hydrogen-bond acceptors (Lipinski definition) is 6. The van der Waals surface area contributed by atoms with Gasteiger partial charge in [0.25, 0.3) is 5.91 Å². The number of rotatable bonds is 5. The molecular weight excluding hydrogens is 428 g/mol. The topological polar surface area (TPSA) is 121 Å². The minimum Gasteiger partial charge on any atom is -0.467 e. The van der Waals surface area contributed by atoms with Crippen molar-refractivity contribution < 1.29 is 28.3 Å². The Morgan fingerprint density at radius 1 is 0.970 bits per heavy atom. The van der Waals surface area contributed by atoms with Gasteiger partial charge in [0.15, 0.2) is 5.76 Å². The third-order valence-electron chi connectivity index (χ3n) is 6.91. The van der Waals surface area contributed by atoms with E-state index in [-0.39, 0.29) is 23.7 Å². The molecule has 1 aromatic heterocycles. The van der Waals surface area contributed by atoms with Crippen LogP contribution in [-0.2, 0) is 14.3 Å². The summed E-state index contributed by atoms with van der Waals surface area (Å²) in [6, 6.07) is 0.777. The molecule has 1 saturated carbocycles. The molecule has 3 unspecified atom stereocenters. The SMILES string of the molecule is COC(=O)C1CCCN1C(=O)C1C(NC(=O)NC2CCCCC2)CCN1C(=O)c1ccco1. The number of urea groups is 1. The Bertz CT molecular complexity index is 866. The van der Waals surface area contributed by atoms with Crippen LogP contribution in [0.15, 0.2) is 22.8 Å². The van der Waals surface area contributed by atoms with Gasteiger partial charge in [-0.05, 0) is 44.2 Å². The molecule has 3 heterocycles. The van der Waals surface area contributed by atoms with Crippen LogP contribution >= 0.6 is 0 Å². The van der Waals surface area contributed by atoms with Gasteiger partial charge in [-0.25, -0.2) is 9.59 Å². The third-order valence-corrected chi connectivity index (χ3v) is 6.91. The Hall–Kier alpha value is -3.04. The molecule has 0 radical (unpaired) electrons.